The highest BCUT2D eigenvalue weighted by molar-refractivity contribution is 5.96. The molecule has 0 heterocycles. The summed E-state index contributed by atoms with van der Waals surface area (Å²) in [6, 6.07) is 10.9. The van der Waals surface area contributed by atoms with E-state index in [-0.39, 0.29) is 23.9 Å². The molecule has 2 aromatic rings. The number of hydrogen-bond acceptors (Lipinski definition) is 5. The number of carbonyl (C=O) groups is 3. The van der Waals surface area contributed by atoms with E-state index >= 15 is 0 Å². The fraction of sp³-hybridized carbons (Fsp3) is 0.318. The lowest BCUT2D eigenvalue weighted by Gasteiger charge is -2.18. The first-order chi connectivity index (χ1) is 15.5. The molecule has 2 aromatic carbocycles. The Hall–Kier alpha value is -3.60. The van der Waals surface area contributed by atoms with Crippen LogP contribution in [0.1, 0.15) is 22.8 Å². The monoisotopic (exact) mass is 466 g/mol. The Morgan fingerprint density at radius 3 is 2.27 bits per heavy atom. The van der Waals surface area contributed by atoms with E-state index in [0.29, 0.717) is 23.7 Å². The number of ether oxygens (including phenoxy) is 1. The summed E-state index contributed by atoms with van der Waals surface area (Å²) in [6.45, 7) is 0.366. The normalized spacial score (nSPS) is 11.1. The number of rotatable bonds is 9. The van der Waals surface area contributed by atoms with Crippen LogP contribution < -0.4 is 20.7 Å². The lowest BCUT2D eigenvalue weighted by atomic mass is 10.1. The van der Waals surface area contributed by atoms with Gasteiger partial charge in [-0.1, -0.05) is 12.1 Å². The number of nitrogens with zero attached hydrogens (tertiary/aromatic N) is 1. The van der Waals surface area contributed by atoms with Gasteiger partial charge in [0.2, 0.25) is 11.8 Å². The van der Waals surface area contributed by atoms with Gasteiger partial charge in [-0.05, 0) is 42.9 Å². The van der Waals surface area contributed by atoms with Gasteiger partial charge in [0.15, 0.2) is 0 Å². The number of amides is 3. The third-order valence-electron chi connectivity index (χ3n) is 4.33. The fourth-order valence-corrected chi connectivity index (χ4v) is 2.93. The Morgan fingerprint density at radius 2 is 1.70 bits per heavy atom. The zero-order valence-corrected chi connectivity index (χ0v) is 18.4. The maximum atomic E-state index is 12.5. The minimum absolute atomic E-state index is 0.0291. The largest absolute Gasteiger partial charge is 0.495 e. The smallest absolute Gasteiger partial charge is 0.405 e. The molecule has 0 aliphatic heterocycles. The Bertz CT molecular complexity index is 994. The van der Waals surface area contributed by atoms with Crippen LogP contribution in [0.3, 0.4) is 0 Å². The predicted molar refractivity (Wildman–Crippen MR) is 117 cm³/mol. The molecule has 0 saturated heterocycles. The van der Waals surface area contributed by atoms with Crippen LogP contribution in [0, 0.1) is 0 Å². The van der Waals surface area contributed by atoms with E-state index in [0.717, 1.165) is 5.56 Å². The Kier molecular flexibility index (Phi) is 8.80. The number of anilines is 2. The number of hydrogen-bond donors (Lipinski definition) is 3. The molecule has 0 saturated carbocycles. The molecule has 0 radical (unpaired) electrons. The molecule has 0 aliphatic carbocycles. The van der Waals surface area contributed by atoms with Crippen molar-refractivity contribution in [2.24, 2.45) is 0 Å². The van der Waals surface area contributed by atoms with Gasteiger partial charge in [-0.15, -0.1) is 0 Å². The highest BCUT2D eigenvalue weighted by Gasteiger charge is 2.27. The van der Waals surface area contributed by atoms with Crippen molar-refractivity contribution < 1.29 is 32.3 Å². The maximum absolute atomic E-state index is 12.5. The van der Waals surface area contributed by atoms with Gasteiger partial charge in [-0.3, -0.25) is 19.3 Å². The van der Waals surface area contributed by atoms with Gasteiger partial charge in [0.05, 0.1) is 19.3 Å². The summed E-state index contributed by atoms with van der Waals surface area (Å²) in [5, 5.41) is 7.18. The van der Waals surface area contributed by atoms with Crippen LogP contribution in [0.25, 0.3) is 0 Å². The second-order valence-corrected chi connectivity index (χ2v) is 7.31. The second-order valence-electron chi connectivity index (χ2n) is 7.31. The Labute approximate surface area is 189 Å². The molecule has 0 aromatic heterocycles. The average molecular weight is 466 g/mol. The molecule has 0 bridgehead atoms. The summed E-state index contributed by atoms with van der Waals surface area (Å²) in [5.41, 5.74) is 1.78. The number of nitrogens with one attached hydrogen (secondary N) is 3. The van der Waals surface area contributed by atoms with Crippen LogP contribution in [0.4, 0.5) is 24.5 Å². The first kappa shape index (κ1) is 25.7. The van der Waals surface area contributed by atoms with Gasteiger partial charge in [0.1, 0.15) is 12.3 Å². The predicted octanol–water partition coefficient (Wildman–Crippen LogP) is 3.02. The molecule has 0 aliphatic rings. The molecule has 3 N–H and O–H groups in total. The molecule has 0 atom stereocenters. The van der Waals surface area contributed by atoms with Crippen LogP contribution in [-0.4, -0.2) is 56.0 Å². The van der Waals surface area contributed by atoms with E-state index in [9.17, 15) is 27.6 Å². The summed E-state index contributed by atoms with van der Waals surface area (Å²) in [7, 11) is 3.18. The third kappa shape index (κ3) is 8.81. The van der Waals surface area contributed by atoms with Crippen LogP contribution >= 0.6 is 0 Å². The summed E-state index contributed by atoms with van der Waals surface area (Å²) >= 11 is 0. The van der Waals surface area contributed by atoms with Gasteiger partial charge in [-0.2, -0.15) is 13.2 Å². The van der Waals surface area contributed by atoms with Crippen molar-refractivity contribution in [3.8, 4) is 5.75 Å². The fourth-order valence-electron chi connectivity index (χ4n) is 2.93. The molecular weight excluding hydrogens is 441 g/mol. The summed E-state index contributed by atoms with van der Waals surface area (Å²) < 4.78 is 41.9. The minimum atomic E-state index is -4.48. The highest BCUT2D eigenvalue weighted by atomic mass is 19.4. The van der Waals surface area contributed by atoms with Crippen molar-refractivity contribution in [1.29, 1.82) is 0 Å². The standard InChI is InChI=1S/C22H25F3N4O4/c1-14(30)27-17-8-9-19(33-3)18(10-17)28-20(31)12-29(2)11-15-4-6-16(7-5-15)21(32)26-13-22(23,24)25/h4-10H,11-13H2,1-3H3,(H,26,32)(H,27,30)(H,28,31). The topological polar surface area (TPSA) is 99.8 Å². The molecular formula is C22H25F3N4O4. The summed E-state index contributed by atoms with van der Waals surface area (Å²) in [6.07, 6.45) is -4.48. The molecule has 0 fully saturated rings. The highest BCUT2D eigenvalue weighted by Crippen LogP contribution is 2.28. The van der Waals surface area contributed by atoms with Crippen LogP contribution in [-0.2, 0) is 16.1 Å². The van der Waals surface area contributed by atoms with Crippen LogP contribution in [0.2, 0.25) is 0 Å². The van der Waals surface area contributed by atoms with E-state index in [1.165, 1.54) is 26.2 Å². The molecule has 0 unspecified atom stereocenters. The summed E-state index contributed by atoms with van der Waals surface area (Å²) in [4.78, 5) is 37.2. The summed E-state index contributed by atoms with van der Waals surface area (Å²) in [5.74, 6) is -0.957. The third-order valence-corrected chi connectivity index (χ3v) is 4.33. The molecule has 178 valence electrons. The van der Waals surface area contributed by atoms with E-state index in [1.807, 2.05) is 5.32 Å². The van der Waals surface area contributed by atoms with Crippen LogP contribution in [0.5, 0.6) is 5.75 Å². The van der Waals surface area contributed by atoms with Gasteiger partial charge in [-0.25, -0.2) is 0 Å². The van der Waals surface area contributed by atoms with Crippen molar-refractivity contribution in [2.75, 3.05) is 37.9 Å². The number of benzene rings is 2. The number of carbonyl (C=O) groups excluding carboxylic acids is 3. The average Bonchev–Trinajstić information content (AvgIpc) is 2.71. The van der Waals surface area contributed by atoms with E-state index < -0.39 is 18.6 Å². The molecule has 2 rings (SSSR count). The van der Waals surface area contributed by atoms with Crippen molar-refractivity contribution in [3.05, 3.63) is 53.6 Å². The molecule has 3 amide bonds. The number of halogens is 3. The quantitative estimate of drug-likeness (QED) is 0.528. The number of methoxy groups -OCH3 is 1. The van der Waals surface area contributed by atoms with E-state index in [4.69, 9.17) is 4.74 Å². The van der Waals surface area contributed by atoms with E-state index in [1.54, 1.807) is 42.3 Å². The first-order valence-corrected chi connectivity index (χ1v) is 9.84. The number of alkyl halides is 3. The van der Waals surface area contributed by atoms with Gasteiger partial charge in [0.25, 0.3) is 5.91 Å². The lowest BCUT2D eigenvalue weighted by molar-refractivity contribution is -0.123. The zero-order valence-electron chi connectivity index (χ0n) is 18.4. The Balaban J connectivity index is 1.93. The zero-order chi connectivity index (χ0) is 24.6. The lowest BCUT2D eigenvalue weighted by Crippen LogP contribution is -2.33. The first-order valence-electron chi connectivity index (χ1n) is 9.84. The minimum Gasteiger partial charge on any atom is -0.495 e. The van der Waals surface area contributed by atoms with Crippen molar-refractivity contribution in [1.82, 2.24) is 10.2 Å². The molecule has 8 nitrogen and oxygen atoms in total. The van der Waals surface area contributed by atoms with Gasteiger partial charge in [0, 0.05) is 24.7 Å². The molecule has 33 heavy (non-hydrogen) atoms. The van der Waals surface area contributed by atoms with Crippen molar-refractivity contribution >= 4 is 29.1 Å². The Morgan fingerprint density at radius 1 is 1.03 bits per heavy atom. The second kappa shape index (κ2) is 11.3. The van der Waals surface area contributed by atoms with Gasteiger partial charge >= 0.3 is 6.18 Å². The number of likely N-dealkylation sites (N-methyl/N-ethyl adjacent to an activating group) is 1. The van der Waals surface area contributed by atoms with Gasteiger partial charge < -0.3 is 20.7 Å². The molecule has 11 heteroatoms. The SMILES string of the molecule is COc1ccc(NC(C)=O)cc1NC(=O)CN(C)Cc1ccc(C(=O)NCC(F)(F)F)cc1. The van der Waals surface area contributed by atoms with Crippen LogP contribution in [0.15, 0.2) is 42.5 Å². The van der Waals surface area contributed by atoms with Crippen molar-refractivity contribution in [3.63, 3.8) is 0 Å². The van der Waals surface area contributed by atoms with E-state index in [2.05, 4.69) is 10.6 Å². The van der Waals surface area contributed by atoms with Crippen molar-refractivity contribution in [2.45, 2.75) is 19.6 Å². The molecule has 0 spiro atoms. The maximum Gasteiger partial charge on any atom is 0.405 e.